The fourth-order valence-corrected chi connectivity index (χ4v) is 2.49. The molecule has 0 radical (unpaired) electrons. The molecule has 1 amide bonds. The Morgan fingerprint density at radius 2 is 1.72 bits per heavy atom. The molecule has 0 saturated heterocycles. The van der Waals surface area contributed by atoms with E-state index in [9.17, 15) is 18.4 Å². The number of nitrogens with zero attached hydrogens (tertiary/aromatic N) is 3. The minimum absolute atomic E-state index is 0.00915. The molecule has 0 aliphatic rings. The van der Waals surface area contributed by atoms with Crippen LogP contribution < -0.4 is 10.1 Å². The van der Waals surface area contributed by atoms with Gasteiger partial charge in [0, 0.05) is 5.69 Å². The SMILES string of the molecule is COC(=O)c1ccc(NC(=O)c2nc(C)n(-c3ccc(OC(F)F)cc3)n2)cc1. The summed E-state index contributed by atoms with van der Waals surface area (Å²) in [6.45, 7) is -1.26. The molecule has 0 unspecified atom stereocenters. The third-order valence-corrected chi connectivity index (χ3v) is 3.84. The van der Waals surface area contributed by atoms with Crippen LogP contribution in [0.25, 0.3) is 5.69 Å². The van der Waals surface area contributed by atoms with Crippen molar-refractivity contribution in [3.8, 4) is 11.4 Å². The molecule has 1 N–H and O–H groups in total. The van der Waals surface area contributed by atoms with E-state index in [4.69, 9.17) is 0 Å². The van der Waals surface area contributed by atoms with Gasteiger partial charge in [0.2, 0.25) is 5.82 Å². The first kappa shape index (κ1) is 19.9. The van der Waals surface area contributed by atoms with E-state index >= 15 is 0 Å². The Labute approximate surface area is 164 Å². The zero-order chi connectivity index (χ0) is 21.0. The number of methoxy groups -OCH3 is 1. The van der Waals surface area contributed by atoms with Gasteiger partial charge in [-0.2, -0.15) is 8.78 Å². The second-order valence-electron chi connectivity index (χ2n) is 5.79. The van der Waals surface area contributed by atoms with Crippen LogP contribution in [-0.4, -0.2) is 40.4 Å². The molecule has 0 atom stereocenters. The van der Waals surface area contributed by atoms with Crippen LogP contribution >= 0.6 is 0 Å². The molecule has 0 aliphatic heterocycles. The zero-order valence-corrected chi connectivity index (χ0v) is 15.4. The Morgan fingerprint density at radius 1 is 1.07 bits per heavy atom. The van der Waals surface area contributed by atoms with Crippen molar-refractivity contribution in [2.45, 2.75) is 13.5 Å². The molecular weight excluding hydrogens is 386 g/mol. The van der Waals surface area contributed by atoms with E-state index in [1.54, 1.807) is 19.1 Å². The maximum absolute atomic E-state index is 12.4. The molecule has 0 aliphatic carbocycles. The summed E-state index contributed by atoms with van der Waals surface area (Å²) in [4.78, 5) is 28.0. The highest BCUT2D eigenvalue weighted by Crippen LogP contribution is 2.18. The lowest BCUT2D eigenvalue weighted by atomic mass is 10.2. The van der Waals surface area contributed by atoms with Crippen molar-refractivity contribution in [2.24, 2.45) is 0 Å². The number of nitrogens with one attached hydrogen (secondary N) is 1. The van der Waals surface area contributed by atoms with Gasteiger partial charge in [-0.1, -0.05) is 0 Å². The fourth-order valence-electron chi connectivity index (χ4n) is 2.49. The van der Waals surface area contributed by atoms with Crippen LogP contribution in [0.15, 0.2) is 48.5 Å². The average Bonchev–Trinajstić information content (AvgIpc) is 3.10. The number of alkyl halides is 2. The quantitative estimate of drug-likeness (QED) is 0.636. The van der Waals surface area contributed by atoms with Gasteiger partial charge in [-0.15, -0.1) is 5.10 Å². The van der Waals surface area contributed by atoms with Gasteiger partial charge in [0.1, 0.15) is 11.6 Å². The standard InChI is InChI=1S/C19H16F2N4O4/c1-11-22-16(17(26)23-13-5-3-12(4-6-13)18(27)28-2)24-25(11)14-7-9-15(10-8-14)29-19(20)21/h3-10,19H,1-2H3,(H,23,26). The number of esters is 1. The van der Waals surface area contributed by atoms with Crippen LogP contribution in [0.4, 0.5) is 14.5 Å². The number of amides is 1. The van der Waals surface area contributed by atoms with Gasteiger partial charge in [-0.25, -0.2) is 14.5 Å². The van der Waals surface area contributed by atoms with E-state index in [0.29, 0.717) is 22.8 Å². The van der Waals surface area contributed by atoms with Crippen molar-refractivity contribution in [1.29, 1.82) is 0 Å². The number of ether oxygens (including phenoxy) is 2. The van der Waals surface area contributed by atoms with Crippen molar-refractivity contribution < 1.29 is 27.8 Å². The lowest BCUT2D eigenvalue weighted by Crippen LogP contribution is -2.14. The summed E-state index contributed by atoms with van der Waals surface area (Å²) in [5.74, 6) is -0.666. The maximum Gasteiger partial charge on any atom is 0.387 e. The van der Waals surface area contributed by atoms with Crippen molar-refractivity contribution in [2.75, 3.05) is 12.4 Å². The average molecular weight is 402 g/mol. The van der Waals surface area contributed by atoms with Crippen molar-refractivity contribution in [3.05, 3.63) is 65.7 Å². The number of aryl methyl sites for hydroxylation is 1. The van der Waals surface area contributed by atoms with Gasteiger partial charge in [0.25, 0.3) is 5.91 Å². The van der Waals surface area contributed by atoms with Gasteiger partial charge < -0.3 is 14.8 Å². The molecule has 1 heterocycles. The molecule has 3 aromatic rings. The summed E-state index contributed by atoms with van der Waals surface area (Å²) in [7, 11) is 1.28. The first-order valence-electron chi connectivity index (χ1n) is 8.36. The summed E-state index contributed by atoms with van der Waals surface area (Å²) in [5, 5.41) is 6.79. The van der Waals surface area contributed by atoms with Gasteiger partial charge in [-0.3, -0.25) is 4.79 Å². The Balaban J connectivity index is 1.73. The van der Waals surface area contributed by atoms with Crippen LogP contribution in [0.3, 0.4) is 0 Å². The summed E-state index contributed by atoms with van der Waals surface area (Å²) < 4.78 is 34.8. The molecule has 0 spiro atoms. The summed E-state index contributed by atoms with van der Waals surface area (Å²) in [6.07, 6.45) is 0. The van der Waals surface area contributed by atoms with Crippen LogP contribution in [-0.2, 0) is 4.74 Å². The van der Waals surface area contributed by atoms with E-state index in [1.807, 2.05) is 0 Å². The number of anilines is 1. The molecule has 29 heavy (non-hydrogen) atoms. The number of carbonyl (C=O) groups excluding carboxylic acids is 2. The van der Waals surface area contributed by atoms with Crippen LogP contribution in [0, 0.1) is 6.92 Å². The van der Waals surface area contributed by atoms with Gasteiger partial charge in [0.15, 0.2) is 0 Å². The number of rotatable bonds is 6. The van der Waals surface area contributed by atoms with E-state index < -0.39 is 18.5 Å². The predicted molar refractivity (Wildman–Crippen MR) is 98.5 cm³/mol. The minimum Gasteiger partial charge on any atom is -0.465 e. The van der Waals surface area contributed by atoms with E-state index in [-0.39, 0.29) is 11.6 Å². The third-order valence-electron chi connectivity index (χ3n) is 3.84. The smallest absolute Gasteiger partial charge is 0.387 e. The second-order valence-corrected chi connectivity index (χ2v) is 5.79. The summed E-state index contributed by atoms with van der Waals surface area (Å²) in [6, 6.07) is 11.9. The highest BCUT2D eigenvalue weighted by Gasteiger charge is 2.16. The lowest BCUT2D eigenvalue weighted by Gasteiger charge is -2.06. The van der Waals surface area contributed by atoms with Gasteiger partial charge in [-0.05, 0) is 55.5 Å². The Kier molecular flexibility index (Phi) is 5.82. The number of benzene rings is 2. The largest absolute Gasteiger partial charge is 0.465 e. The molecular formula is C19H16F2N4O4. The van der Waals surface area contributed by atoms with Crippen LogP contribution in [0.5, 0.6) is 5.75 Å². The van der Waals surface area contributed by atoms with Gasteiger partial charge in [0.05, 0.1) is 18.4 Å². The fraction of sp³-hybridized carbons (Fsp3) is 0.158. The molecule has 0 saturated carbocycles. The zero-order valence-electron chi connectivity index (χ0n) is 15.4. The van der Waals surface area contributed by atoms with Crippen LogP contribution in [0.2, 0.25) is 0 Å². The first-order valence-corrected chi connectivity index (χ1v) is 8.36. The molecule has 3 rings (SSSR count). The van der Waals surface area contributed by atoms with E-state index in [0.717, 1.165) is 0 Å². The molecule has 150 valence electrons. The molecule has 0 bridgehead atoms. The Bertz CT molecular complexity index is 1020. The highest BCUT2D eigenvalue weighted by atomic mass is 19.3. The number of hydrogen-bond donors (Lipinski definition) is 1. The summed E-state index contributed by atoms with van der Waals surface area (Å²) in [5.41, 5.74) is 1.33. The normalized spacial score (nSPS) is 10.7. The third kappa shape index (κ3) is 4.72. The Hall–Kier alpha value is -3.82. The Morgan fingerprint density at radius 3 is 2.31 bits per heavy atom. The van der Waals surface area contributed by atoms with Crippen molar-refractivity contribution in [3.63, 3.8) is 0 Å². The van der Waals surface area contributed by atoms with Gasteiger partial charge >= 0.3 is 12.6 Å². The first-order chi connectivity index (χ1) is 13.9. The number of hydrogen-bond acceptors (Lipinski definition) is 6. The van der Waals surface area contributed by atoms with E-state index in [2.05, 4.69) is 24.9 Å². The lowest BCUT2D eigenvalue weighted by molar-refractivity contribution is -0.0498. The minimum atomic E-state index is -2.91. The topological polar surface area (TPSA) is 95.3 Å². The van der Waals surface area contributed by atoms with Crippen LogP contribution in [0.1, 0.15) is 26.8 Å². The highest BCUT2D eigenvalue weighted by molar-refractivity contribution is 6.01. The summed E-state index contributed by atoms with van der Waals surface area (Å²) >= 11 is 0. The predicted octanol–water partition coefficient (Wildman–Crippen LogP) is 3.22. The van der Waals surface area contributed by atoms with Crippen molar-refractivity contribution in [1.82, 2.24) is 14.8 Å². The monoisotopic (exact) mass is 402 g/mol. The molecule has 2 aromatic carbocycles. The number of halogens is 2. The number of aromatic nitrogens is 3. The maximum atomic E-state index is 12.4. The van der Waals surface area contributed by atoms with Crippen molar-refractivity contribution >= 4 is 17.6 Å². The molecule has 0 fully saturated rings. The molecule has 1 aromatic heterocycles. The molecule has 8 nitrogen and oxygen atoms in total. The number of carbonyl (C=O) groups is 2. The molecule has 10 heteroatoms. The van der Waals surface area contributed by atoms with E-state index in [1.165, 1.54) is 48.2 Å². The second kappa shape index (κ2) is 8.46.